The van der Waals surface area contributed by atoms with Crippen LogP contribution in [0.15, 0.2) is 49.1 Å². The number of benzene rings is 1. The Kier molecular flexibility index (Phi) is 6.51. The molecule has 40 heavy (non-hydrogen) atoms. The van der Waals surface area contributed by atoms with Crippen LogP contribution in [0.3, 0.4) is 0 Å². The number of halogens is 3. The van der Waals surface area contributed by atoms with Gasteiger partial charge in [0.1, 0.15) is 5.82 Å². The molecule has 1 saturated carbocycles. The van der Waals surface area contributed by atoms with Crippen molar-refractivity contribution in [2.75, 3.05) is 6.54 Å². The van der Waals surface area contributed by atoms with Gasteiger partial charge in [-0.1, -0.05) is 0 Å². The normalized spacial score (nSPS) is 16.4. The lowest BCUT2D eigenvalue weighted by atomic mass is 9.87. The van der Waals surface area contributed by atoms with Gasteiger partial charge >= 0.3 is 6.18 Å². The second-order valence-corrected chi connectivity index (χ2v) is 10.8. The van der Waals surface area contributed by atoms with E-state index in [1.54, 1.807) is 25.4 Å². The molecule has 0 unspecified atom stereocenters. The van der Waals surface area contributed by atoms with Crippen LogP contribution in [0, 0.1) is 19.8 Å². The van der Waals surface area contributed by atoms with Crippen molar-refractivity contribution in [2.45, 2.75) is 65.3 Å². The highest BCUT2D eigenvalue weighted by Crippen LogP contribution is 2.47. The second-order valence-electron chi connectivity index (χ2n) is 10.8. The number of alkyl halides is 3. The lowest BCUT2D eigenvalue weighted by molar-refractivity contribution is -0.141. The van der Waals surface area contributed by atoms with Crippen LogP contribution in [0.2, 0.25) is 0 Å². The van der Waals surface area contributed by atoms with Gasteiger partial charge in [0.15, 0.2) is 5.69 Å². The maximum Gasteiger partial charge on any atom is 0.435 e. The van der Waals surface area contributed by atoms with Crippen molar-refractivity contribution in [1.29, 1.82) is 0 Å². The molecular weight excluding hydrogens is 517 g/mol. The minimum absolute atomic E-state index is 0.00940. The molecule has 3 aromatic heterocycles. The van der Waals surface area contributed by atoms with Crippen molar-refractivity contribution in [3.05, 3.63) is 88.5 Å². The zero-order valence-electron chi connectivity index (χ0n) is 22.7. The Balaban J connectivity index is 1.49. The minimum Gasteiger partial charge on any atom is -0.331 e. The molecular formula is C30H31F3N6O. The van der Waals surface area contributed by atoms with E-state index in [2.05, 4.69) is 15.1 Å². The van der Waals surface area contributed by atoms with Crippen molar-refractivity contribution in [1.82, 2.24) is 29.2 Å². The average Bonchev–Trinajstić information content (AvgIpc) is 3.50. The van der Waals surface area contributed by atoms with Gasteiger partial charge < -0.3 is 9.47 Å². The number of rotatable bonds is 7. The summed E-state index contributed by atoms with van der Waals surface area (Å²) in [6.07, 6.45) is 4.60. The molecule has 2 aliphatic rings. The predicted octanol–water partition coefficient (Wildman–Crippen LogP) is 6.00. The highest BCUT2D eigenvalue weighted by molar-refractivity contribution is 5.99. The summed E-state index contributed by atoms with van der Waals surface area (Å²) in [6.45, 7) is 6.73. The van der Waals surface area contributed by atoms with Crippen LogP contribution in [-0.4, -0.2) is 41.7 Å². The van der Waals surface area contributed by atoms with Crippen molar-refractivity contribution in [3.8, 4) is 11.1 Å². The predicted molar refractivity (Wildman–Crippen MR) is 144 cm³/mol. The molecule has 4 heterocycles. The molecule has 1 amide bonds. The van der Waals surface area contributed by atoms with Crippen LogP contribution in [0.4, 0.5) is 13.2 Å². The van der Waals surface area contributed by atoms with Gasteiger partial charge in [-0.15, -0.1) is 0 Å². The first-order valence-corrected chi connectivity index (χ1v) is 13.7. The average molecular weight is 549 g/mol. The molecule has 1 aromatic carbocycles. The smallest absolute Gasteiger partial charge is 0.331 e. The summed E-state index contributed by atoms with van der Waals surface area (Å²) in [5.74, 6) is 0.945. The van der Waals surface area contributed by atoms with E-state index in [1.165, 1.54) is 10.9 Å². The number of hydrogen-bond acceptors (Lipinski definition) is 4. The Bertz CT molecular complexity index is 1580. The van der Waals surface area contributed by atoms with Crippen LogP contribution >= 0.6 is 0 Å². The summed E-state index contributed by atoms with van der Waals surface area (Å²) in [5.41, 5.74) is 3.27. The zero-order valence-corrected chi connectivity index (χ0v) is 22.7. The van der Waals surface area contributed by atoms with E-state index in [1.807, 2.05) is 47.7 Å². The number of pyridine rings is 1. The minimum atomic E-state index is -4.63. The molecule has 1 aliphatic carbocycles. The quantitative estimate of drug-likeness (QED) is 0.284. The fourth-order valence-electron chi connectivity index (χ4n) is 5.82. The highest BCUT2D eigenvalue weighted by Gasteiger charge is 2.43. The Morgan fingerprint density at radius 3 is 2.48 bits per heavy atom. The lowest BCUT2D eigenvalue weighted by Crippen LogP contribution is -2.42. The third kappa shape index (κ3) is 4.80. The summed E-state index contributed by atoms with van der Waals surface area (Å²) in [5, 5.41) is 3.86. The van der Waals surface area contributed by atoms with E-state index in [9.17, 15) is 18.0 Å². The van der Waals surface area contributed by atoms with Gasteiger partial charge in [0.2, 0.25) is 0 Å². The van der Waals surface area contributed by atoms with Crippen LogP contribution in [0.5, 0.6) is 0 Å². The second kappa shape index (κ2) is 9.91. The Labute approximate surface area is 230 Å². The number of hydrogen-bond donors (Lipinski definition) is 0. The number of nitrogens with zero attached hydrogens (tertiary/aromatic N) is 6. The molecule has 1 atom stereocenters. The molecule has 0 spiro atoms. The number of aryl methyl sites for hydroxylation is 3. The maximum atomic E-state index is 14.2. The summed E-state index contributed by atoms with van der Waals surface area (Å²) < 4.78 is 45.7. The van der Waals surface area contributed by atoms with Gasteiger partial charge in [-0.2, -0.15) is 18.3 Å². The number of aromatic nitrogens is 5. The topological polar surface area (TPSA) is 68.8 Å². The van der Waals surface area contributed by atoms with Gasteiger partial charge in [-0.25, -0.2) is 4.98 Å². The van der Waals surface area contributed by atoms with Gasteiger partial charge in [0.05, 0.1) is 11.7 Å². The zero-order chi connectivity index (χ0) is 28.2. The first kappa shape index (κ1) is 26.3. The van der Waals surface area contributed by atoms with E-state index < -0.39 is 11.9 Å². The maximum absolute atomic E-state index is 14.2. The van der Waals surface area contributed by atoms with Gasteiger partial charge in [-0.05, 0) is 92.5 Å². The van der Waals surface area contributed by atoms with Crippen molar-refractivity contribution >= 4 is 5.91 Å². The fourth-order valence-corrected chi connectivity index (χ4v) is 5.82. The van der Waals surface area contributed by atoms with Crippen molar-refractivity contribution in [3.63, 3.8) is 0 Å². The van der Waals surface area contributed by atoms with Crippen molar-refractivity contribution in [2.24, 2.45) is 5.92 Å². The Morgan fingerprint density at radius 2 is 1.82 bits per heavy atom. The third-order valence-electron chi connectivity index (χ3n) is 7.97. The van der Waals surface area contributed by atoms with E-state index >= 15 is 0 Å². The van der Waals surface area contributed by atoms with Gasteiger partial charge in [0.25, 0.3) is 5.91 Å². The van der Waals surface area contributed by atoms with Crippen LogP contribution in [0.25, 0.3) is 11.1 Å². The molecule has 6 rings (SSSR count). The SMILES string of the molecule is CCn1cc(-c2cc(Cn3ccnc3C)cc3c2CCN([C@H](c2cc(C)ccn2)C2CC2)C3=O)c(C(F)(F)F)n1. The molecule has 208 valence electrons. The standard InChI is InChI=1S/C30H31F3N6O/c1-4-38-17-25(28(36-38)30(31,32)33)23-14-20(16-37-12-10-34-19(37)3)15-24-22(23)8-11-39(29(24)40)27(21-5-6-21)26-13-18(2)7-9-35-26/h7,9-10,12-15,17,21,27H,4-6,8,11,16H2,1-3H3/t27-/m0/s1. The third-order valence-corrected chi connectivity index (χ3v) is 7.97. The number of fused-ring (bicyclic) bond motifs is 1. The van der Waals surface area contributed by atoms with E-state index in [4.69, 9.17) is 0 Å². The number of carbonyl (C=O) groups excluding carboxylic acids is 1. The van der Waals surface area contributed by atoms with Crippen LogP contribution in [-0.2, 0) is 25.7 Å². The first-order chi connectivity index (χ1) is 19.1. The van der Waals surface area contributed by atoms with E-state index in [-0.39, 0.29) is 17.5 Å². The summed E-state index contributed by atoms with van der Waals surface area (Å²) in [7, 11) is 0. The Hall–Kier alpha value is -3.95. The van der Waals surface area contributed by atoms with Crippen molar-refractivity contribution < 1.29 is 18.0 Å². The Morgan fingerprint density at radius 1 is 1.05 bits per heavy atom. The van der Waals surface area contributed by atoms with Gasteiger partial charge in [0, 0.05) is 55.5 Å². The molecule has 0 bridgehead atoms. The summed E-state index contributed by atoms with van der Waals surface area (Å²) in [6, 6.07) is 7.44. The number of imidazole rings is 1. The first-order valence-electron chi connectivity index (χ1n) is 13.7. The summed E-state index contributed by atoms with van der Waals surface area (Å²) in [4.78, 5) is 25.0. The van der Waals surface area contributed by atoms with E-state index in [0.29, 0.717) is 48.7 Å². The largest absolute Gasteiger partial charge is 0.435 e. The number of carbonyl (C=O) groups is 1. The fraction of sp³-hybridized carbons (Fsp3) is 0.400. The van der Waals surface area contributed by atoms with Gasteiger partial charge in [-0.3, -0.25) is 14.5 Å². The molecule has 1 aliphatic heterocycles. The van der Waals surface area contributed by atoms with Crippen LogP contribution < -0.4 is 0 Å². The monoisotopic (exact) mass is 548 g/mol. The molecule has 0 saturated heterocycles. The van der Waals surface area contributed by atoms with E-state index in [0.717, 1.165) is 35.5 Å². The molecule has 0 radical (unpaired) electrons. The highest BCUT2D eigenvalue weighted by atomic mass is 19.4. The molecule has 7 nitrogen and oxygen atoms in total. The lowest BCUT2D eigenvalue weighted by Gasteiger charge is -2.36. The van der Waals surface area contributed by atoms with Crippen LogP contribution in [0.1, 0.15) is 70.1 Å². The molecule has 4 aromatic rings. The summed E-state index contributed by atoms with van der Waals surface area (Å²) >= 11 is 0. The molecule has 0 N–H and O–H groups in total. The molecule has 1 fully saturated rings. The molecule has 10 heteroatoms. The number of amides is 1.